The first kappa shape index (κ1) is 27.0. The number of hydrogen-bond donors (Lipinski definition) is 2. The molecule has 0 saturated carbocycles. The molecule has 35 heavy (non-hydrogen) atoms. The van der Waals surface area contributed by atoms with Gasteiger partial charge >= 0.3 is 12.3 Å². The van der Waals surface area contributed by atoms with E-state index in [0.29, 0.717) is 18.2 Å². The summed E-state index contributed by atoms with van der Waals surface area (Å²) in [5.74, 6) is 0. The molecule has 1 unspecified atom stereocenters. The number of benzene rings is 2. The minimum Gasteiger partial charge on any atom is -0.465 e. The molecule has 1 amide bonds. The molecule has 1 fully saturated rings. The van der Waals surface area contributed by atoms with Gasteiger partial charge in [-0.05, 0) is 42.2 Å². The third-order valence-corrected chi connectivity index (χ3v) is 9.05. The van der Waals surface area contributed by atoms with E-state index in [0.717, 1.165) is 4.90 Å². The van der Waals surface area contributed by atoms with Gasteiger partial charge in [-0.25, -0.2) is 26.4 Å². The molecule has 0 radical (unpaired) electrons. The molecule has 192 valence electrons. The zero-order valence-corrected chi connectivity index (χ0v) is 20.7. The van der Waals surface area contributed by atoms with Gasteiger partial charge in [-0.2, -0.15) is 13.2 Å². The number of amides is 1. The maximum atomic E-state index is 13.7. The lowest BCUT2D eigenvalue weighted by molar-refractivity contribution is -0.139. The van der Waals surface area contributed by atoms with Crippen LogP contribution in [0.25, 0.3) is 0 Å². The Morgan fingerprint density at radius 1 is 1.00 bits per heavy atom. The second-order valence-electron chi connectivity index (χ2n) is 9.28. The summed E-state index contributed by atoms with van der Waals surface area (Å²) in [5, 5.41) is 9.50. The van der Waals surface area contributed by atoms with Crippen molar-refractivity contribution in [2.24, 2.45) is 5.41 Å². The maximum absolute atomic E-state index is 13.7. The van der Waals surface area contributed by atoms with Gasteiger partial charge < -0.3 is 10.0 Å². The molecule has 1 aliphatic rings. The fraction of sp³-hybridized carbons (Fsp3) is 0.409. The van der Waals surface area contributed by atoms with E-state index >= 15 is 0 Å². The van der Waals surface area contributed by atoms with Gasteiger partial charge in [0.15, 0.2) is 0 Å². The summed E-state index contributed by atoms with van der Waals surface area (Å²) >= 11 is 0. The molecular formula is C22H25F3N2O6S2. The number of alkyl halides is 3. The van der Waals surface area contributed by atoms with Gasteiger partial charge in [-0.3, -0.25) is 0 Å². The second kappa shape index (κ2) is 9.10. The summed E-state index contributed by atoms with van der Waals surface area (Å²) in [6.45, 7) is 5.05. The molecule has 1 aliphatic heterocycles. The molecule has 0 aromatic heterocycles. The average molecular weight is 535 g/mol. The lowest BCUT2D eigenvalue weighted by Gasteiger charge is -2.37. The van der Waals surface area contributed by atoms with Crippen LogP contribution < -0.4 is 4.72 Å². The summed E-state index contributed by atoms with van der Waals surface area (Å²) in [6.07, 6.45) is -6.33. The Labute approximate surface area is 201 Å². The third-order valence-electron chi connectivity index (χ3n) is 5.75. The Hall–Kier alpha value is -2.64. The van der Waals surface area contributed by atoms with Gasteiger partial charge in [0, 0.05) is 12.6 Å². The Bertz CT molecular complexity index is 1320. The first-order chi connectivity index (χ1) is 16.0. The number of hydrogen-bond acceptors (Lipinski definition) is 5. The monoisotopic (exact) mass is 534 g/mol. The van der Waals surface area contributed by atoms with Gasteiger partial charge in [-0.15, -0.1) is 0 Å². The minimum atomic E-state index is -5.09. The van der Waals surface area contributed by atoms with E-state index in [1.807, 2.05) is 0 Å². The van der Waals surface area contributed by atoms with E-state index < -0.39 is 65.0 Å². The number of nitrogens with zero attached hydrogens (tertiary/aromatic N) is 1. The second-order valence-corrected chi connectivity index (χ2v) is 12.9. The van der Waals surface area contributed by atoms with Crippen molar-refractivity contribution in [3.05, 3.63) is 54.1 Å². The third kappa shape index (κ3) is 5.46. The fourth-order valence-corrected chi connectivity index (χ4v) is 7.24. The Morgan fingerprint density at radius 2 is 1.60 bits per heavy atom. The molecule has 0 spiro atoms. The van der Waals surface area contributed by atoms with Gasteiger partial charge in [0.1, 0.15) is 0 Å². The molecule has 8 nitrogen and oxygen atoms in total. The highest BCUT2D eigenvalue weighted by Gasteiger charge is 2.47. The van der Waals surface area contributed by atoms with Crippen molar-refractivity contribution in [2.45, 2.75) is 60.1 Å². The van der Waals surface area contributed by atoms with Crippen LogP contribution >= 0.6 is 0 Å². The largest absolute Gasteiger partial charge is 0.465 e. The van der Waals surface area contributed by atoms with Crippen molar-refractivity contribution in [3.63, 3.8) is 0 Å². The average Bonchev–Trinajstić information content (AvgIpc) is 3.17. The molecule has 3 rings (SSSR count). The summed E-state index contributed by atoms with van der Waals surface area (Å²) in [5.41, 5.74) is -2.27. The number of rotatable bonds is 5. The molecule has 13 heteroatoms. The number of nitrogens with one attached hydrogen (secondary N) is 1. The maximum Gasteiger partial charge on any atom is 0.417 e. The summed E-state index contributed by atoms with van der Waals surface area (Å²) < 4.78 is 95.9. The van der Waals surface area contributed by atoms with Crippen molar-refractivity contribution >= 4 is 26.0 Å². The van der Waals surface area contributed by atoms with Gasteiger partial charge in [0.25, 0.3) is 0 Å². The zero-order valence-electron chi connectivity index (χ0n) is 19.1. The van der Waals surface area contributed by atoms with E-state index in [1.54, 1.807) is 26.8 Å². The lowest BCUT2D eigenvalue weighted by Crippen LogP contribution is -2.52. The number of carboxylic acid groups (broad SMARTS) is 1. The normalized spacial score (nSPS) is 19.7. The summed E-state index contributed by atoms with van der Waals surface area (Å²) in [6, 6.07) is 6.63. The van der Waals surface area contributed by atoms with E-state index in [2.05, 4.69) is 4.72 Å². The van der Waals surface area contributed by atoms with Crippen molar-refractivity contribution in [2.75, 3.05) is 6.54 Å². The summed E-state index contributed by atoms with van der Waals surface area (Å²) in [7, 11) is -9.23. The van der Waals surface area contributed by atoms with Crippen LogP contribution in [0.3, 0.4) is 0 Å². The summed E-state index contributed by atoms with van der Waals surface area (Å²) in [4.78, 5) is 10.6. The smallest absolute Gasteiger partial charge is 0.417 e. The van der Waals surface area contributed by atoms with Crippen LogP contribution in [0.1, 0.15) is 32.8 Å². The lowest BCUT2D eigenvalue weighted by atomic mass is 9.83. The van der Waals surface area contributed by atoms with E-state index in [4.69, 9.17) is 0 Å². The van der Waals surface area contributed by atoms with Crippen LogP contribution in [-0.2, 0) is 26.0 Å². The molecular weight excluding hydrogens is 509 g/mol. The Morgan fingerprint density at radius 3 is 2.11 bits per heavy atom. The van der Waals surface area contributed by atoms with Crippen molar-refractivity contribution < 1.29 is 39.9 Å². The van der Waals surface area contributed by atoms with E-state index in [9.17, 15) is 39.9 Å². The quantitative estimate of drug-likeness (QED) is 0.599. The number of halogens is 3. The van der Waals surface area contributed by atoms with Crippen LogP contribution in [0.4, 0.5) is 18.0 Å². The minimum absolute atomic E-state index is 0.0149. The van der Waals surface area contributed by atoms with Gasteiger partial charge in [-0.1, -0.05) is 39.0 Å². The molecule has 1 heterocycles. The van der Waals surface area contributed by atoms with Gasteiger partial charge in [0.05, 0.1) is 26.3 Å². The van der Waals surface area contributed by atoms with Crippen molar-refractivity contribution in [1.82, 2.24) is 9.62 Å². The molecule has 2 N–H and O–H groups in total. The van der Waals surface area contributed by atoms with Crippen LogP contribution in [0.5, 0.6) is 0 Å². The fourth-order valence-electron chi connectivity index (χ4n) is 4.33. The van der Waals surface area contributed by atoms with Crippen LogP contribution in [-0.4, -0.2) is 51.6 Å². The van der Waals surface area contributed by atoms with Crippen molar-refractivity contribution in [3.8, 4) is 0 Å². The highest BCUT2D eigenvalue weighted by Crippen LogP contribution is 2.38. The number of sulfonamides is 1. The molecule has 2 aromatic carbocycles. The first-order valence-corrected chi connectivity index (χ1v) is 13.5. The number of likely N-dealkylation sites (tertiary alicyclic amines) is 1. The van der Waals surface area contributed by atoms with Crippen molar-refractivity contribution in [1.29, 1.82) is 0 Å². The number of sulfone groups is 1. The van der Waals surface area contributed by atoms with Crippen LogP contribution in [0.2, 0.25) is 0 Å². The number of carbonyl (C=O) groups is 1. The molecule has 0 aliphatic carbocycles. The molecule has 2 aromatic rings. The first-order valence-electron chi connectivity index (χ1n) is 10.5. The van der Waals surface area contributed by atoms with E-state index in [1.165, 1.54) is 24.3 Å². The van der Waals surface area contributed by atoms with Crippen LogP contribution in [0, 0.1) is 5.41 Å². The SMILES string of the molecule is CC(C)(C)C1[C@H](NS(=O)(=O)c2cc(S(=O)(=O)c3ccccc3)ccc2C(F)(F)F)CCN1C(=O)O. The highest BCUT2D eigenvalue weighted by atomic mass is 32.2. The topological polar surface area (TPSA) is 121 Å². The highest BCUT2D eigenvalue weighted by molar-refractivity contribution is 7.91. The predicted molar refractivity (Wildman–Crippen MR) is 120 cm³/mol. The van der Waals surface area contributed by atoms with Crippen LogP contribution in [0.15, 0.2) is 63.2 Å². The molecule has 1 saturated heterocycles. The standard InChI is InChI=1S/C22H25F3N2O6S2/c1-21(2,3)19-17(11-12-27(19)20(28)29)26-35(32,33)18-13-15(9-10-16(18)22(23,24)25)34(30,31)14-7-5-4-6-8-14/h4-10,13,17,19,26H,11-12H2,1-3H3,(H,28,29)/t17-,19?/m1/s1. The predicted octanol–water partition coefficient (Wildman–Crippen LogP) is 3.98. The Kier molecular flexibility index (Phi) is 7.01. The Balaban J connectivity index is 2.11. The zero-order chi connectivity index (χ0) is 26.4. The molecule has 2 atom stereocenters. The molecule has 0 bridgehead atoms. The van der Waals surface area contributed by atoms with Gasteiger partial charge in [0.2, 0.25) is 19.9 Å². The van der Waals surface area contributed by atoms with E-state index in [-0.39, 0.29) is 17.9 Å².